The zero-order chi connectivity index (χ0) is 11.5. The maximum atomic E-state index is 11.0. The van der Waals surface area contributed by atoms with Gasteiger partial charge in [-0.15, -0.1) is 0 Å². The minimum atomic E-state index is -0.996. The highest BCUT2D eigenvalue weighted by Crippen LogP contribution is 2.21. The smallest absolute Gasteiger partial charge is 0.416 e. The van der Waals surface area contributed by atoms with Crippen molar-refractivity contribution in [1.82, 2.24) is 10.2 Å². The summed E-state index contributed by atoms with van der Waals surface area (Å²) in [7, 11) is 0. The fraction of sp³-hybridized carbons (Fsp3) is 0.0833. The zero-order valence-corrected chi connectivity index (χ0v) is 8.84. The van der Waals surface area contributed by atoms with Gasteiger partial charge in [0.1, 0.15) is 0 Å². The highest BCUT2D eigenvalue weighted by atomic mass is 16.4. The summed E-state index contributed by atoms with van der Waals surface area (Å²) in [4.78, 5) is 12.2. The molecule has 0 bridgehead atoms. The van der Waals surface area contributed by atoms with E-state index in [9.17, 15) is 4.79 Å². The van der Waals surface area contributed by atoms with Crippen LogP contribution in [0.15, 0.2) is 42.9 Å². The molecule has 0 aromatic heterocycles. The number of amides is 1. The van der Waals surface area contributed by atoms with E-state index in [1.54, 1.807) is 12.4 Å². The standard InChI is InChI=1S/C12H12N2O2/c1-9-2-4-10(5-3-9)11-8-13-6-7-14(11)12(15)16/h2-8,13H,1H3,(H,15,16). The van der Waals surface area contributed by atoms with E-state index in [2.05, 4.69) is 5.32 Å². The van der Waals surface area contributed by atoms with E-state index >= 15 is 0 Å². The molecule has 0 aliphatic carbocycles. The summed E-state index contributed by atoms with van der Waals surface area (Å²) >= 11 is 0. The summed E-state index contributed by atoms with van der Waals surface area (Å²) in [6.45, 7) is 1.99. The van der Waals surface area contributed by atoms with Gasteiger partial charge >= 0.3 is 6.09 Å². The second kappa shape index (κ2) is 4.10. The number of carboxylic acid groups (broad SMARTS) is 1. The normalized spacial score (nSPS) is 14.3. The SMILES string of the molecule is Cc1ccc(C2=CNC=CN2C(=O)O)cc1. The van der Waals surface area contributed by atoms with Crippen LogP contribution in [0.5, 0.6) is 0 Å². The van der Waals surface area contributed by atoms with Gasteiger partial charge < -0.3 is 10.4 Å². The van der Waals surface area contributed by atoms with Crippen molar-refractivity contribution < 1.29 is 9.90 Å². The van der Waals surface area contributed by atoms with Crippen molar-refractivity contribution in [2.45, 2.75) is 6.92 Å². The Morgan fingerprint density at radius 1 is 1.31 bits per heavy atom. The quantitative estimate of drug-likeness (QED) is 0.757. The number of nitrogens with zero attached hydrogens (tertiary/aromatic N) is 1. The van der Waals surface area contributed by atoms with Crippen LogP contribution in [0, 0.1) is 6.92 Å². The van der Waals surface area contributed by atoms with Gasteiger partial charge in [-0.25, -0.2) is 9.69 Å². The molecule has 1 heterocycles. The number of carbonyl (C=O) groups is 1. The van der Waals surface area contributed by atoms with Crippen molar-refractivity contribution >= 4 is 11.8 Å². The molecule has 2 rings (SSSR count). The summed E-state index contributed by atoms with van der Waals surface area (Å²) in [5.41, 5.74) is 2.63. The van der Waals surface area contributed by atoms with Gasteiger partial charge in [0.2, 0.25) is 0 Å². The average molecular weight is 216 g/mol. The van der Waals surface area contributed by atoms with Gasteiger partial charge in [0, 0.05) is 24.2 Å². The number of rotatable bonds is 1. The van der Waals surface area contributed by atoms with Crippen LogP contribution in [0.4, 0.5) is 4.79 Å². The van der Waals surface area contributed by atoms with Gasteiger partial charge in [-0.05, 0) is 6.92 Å². The third kappa shape index (κ3) is 1.91. The van der Waals surface area contributed by atoms with E-state index in [1.807, 2.05) is 31.2 Å². The number of hydrogen-bond donors (Lipinski definition) is 2. The Bertz CT molecular complexity index is 460. The van der Waals surface area contributed by atoms with Crippen molar-refractivity contribution in [1.29, 1.82) is 0 Å². The monoisotopic (exact) mass is 216 g/mol. The highest BCUT2D eigenvalue weighted by molar-refractivity contribution is 5.82. The Labute approximate surface area is 93.5 Å². The molecule has 0 spiro atoms. The lowest BCUT2D eigenvalue weighted by atomic mass is 10.1. The fourth-order valence-corrected chi connectivity index (χ4v) is 1.51. The van der Waals surface area contributed by atoms with Crippen LogP contribution in [0.2, 0.25) is 0 Å². The van der Waals surface area contributed by atoms with Crippen molar-refractivity contribution in [2.24, 2.45) is 0 Å². The summed E-state index contributed by atoms with van der Waals surface area (Å²) in [5, 5.41) is 11.9. The molecule has 82 valence electrons. The molecule has 4 heteroatoms. The molecule has 1 aliphatic heterocycles. The minimum Gasteiger partial charge on any atom is -0.464 e. The predicted octanol–water partition coefficient (Wildman–Crippen LogP) is 2.35. The molecular weight excluding hydrogens is 204 g/mol. The molecule has 4 nitrogen and oxygen atoms in total. The van der Waals surface area contributed by atoms with Crippen LogP contribution in [0.3, 0.4) is 0 Å². The van der Waals surface area contributed by atoms with E-state index in [4.69, 9.17) is 5.11 Å². The van der Waals surface area contributed by atoms with Crippen LogP contribution in [-0.2, 0) is 0 Å². The molecule has 1 amide bonds. The lowest BCUT2D eigenvalue weighted by molar-refractivity contribution is 0.177. The summed E-state index contributed by atoms with van der Waals surface area (Å²) in [6, 6.07) is 7.71. The summed E-state index contributed by atoms with van der Waals surface area (Å²) in [5.74, 6) is 0. The second-order valence-corrected chi connectivity index (χ2v) is 3.53. The van der Waals surface area contributed by atoms with Crippen molar-refractivity contribution in [3.05, 3.63) is 54.0 Å². The molecule has 0 atom stereocenters. The Balaban J connectivity index is 2.35. The number of benzene rings is 1. The number of nitrogens with one attached hydrogen (secondary N) is 1. The topological polar surface area (TPSA) is 52.6 Å². The van der Waals surface area contributed by atoms with Gasteiger partial charge in [-0.2, -0.15) is 0 Å². The number of hydrogen-bond acceptors (Lipinski definition) is 2. The average Bonchev–Trinajstić information content (AvgIpc) is 2.30. The first-order valence-corrected chi connectivity index (χ1v) is 4.90. The molecule has 2 N–H and O–H groups in total. The molecule has 16 heavy (non-hydrogen) atoms. The second-order valence-electron chi connectivity index (χ2n) is 3.53. The van der Waals surface area contributed by atoms with Crippen molar-refractivity contribution in [3.8, 4) is 0 Å². The van der Waals surface area contributed by atoms with Gasteiger partial charge in [0.05, 0.1) is 5.70 Å². The van der Waals surface area contributed by atoms with Crippen LogP contribution in [0.25, 0.3) is 5.70 Å². The highest BCUT2D eigenvalue weighted by Gasteiger charge is 2.17. The molecule has 0 saturated carbocycles. The maximum Gasteiger partial charge on any atom is 0.416 e. The van der Waals surface area contributed by atoms with E-state index < -0.39 is 6.09 Å². The van der Waals surface area contributed by atoms with Crippen LogP contribution in [0.1, 0.15) is 11.1 Å². The zero-order valence-electron chi connectivity index (χ0n) is 8.84. The van der Waals surface area contributed by atoms with Crippen LogP contribution >= 0.6 is 0 Å². The molecule has 0 radical (unpaired) electrons. The van der Waals surface area contributed by atoms with Crippen LogP contribution in [-0.4, -0.2) is 16.1 Å². The Morgan fingerprint density at radius 2 is 2.00 bits per heavy atom. The lowest BCUT2D eigenvalue weighted by Gasteiger charge is -2.21. The summed E-state index contributed by atoms with van der Waals surface area (Å²) in [6.07, 6.45) is 3.73. The first kappa shape index (κ1) is 10.3. The minimum absolute atomic E-state index is 0.620. The van der Waals surface area contributed by atoms with Crippen molar-refractivity contribution in [3.63, 3.8) is 0 Å². The van der Waals surface area contributed by atoms with Crippen LogP contribution < -0.4 is 5.32 Å². The molecule has 0 fully saturated rings. The third-order valence-corrected chi connectivity index (χ3v) is 2.35. The van der Waals surface area contributed by atoms with Gasteiger partial charge in [0.15, 0.2) is 0 Å². The lowest BCUT2D eigenvalue weighted by Crippen LogP contribution is -2.26. The predicted molar refractivity (Wildman–Crippen MR) is 61.3 cm³/mol. The van der Waals surface area contributed by atoms with Gasteiger partial charge in [0.25, 0.3) is 0 Å². The Morgan fingerprint density at radius 3 is 2.62 bits per heavy atom. The number of aryl methyl sites for hydroxylation is 1. The molecule has 1 aliphatic rings. The van der Waals surface area contributed by atoms with Gasteiger partial charge in [-0.3, -0.25) is 0 Å². The first-order chi connectivity index (χ1) is 7.68. The molecule has 0 saturated heterocycles. The van der Waals surface area contributed by atoms with E-state index in [0.717, 1.165) is 11.1 Å². The third-order valence-electron chi connectivity index (χ3n) is 2.35. The van der Waals surface area contributed by atoms with Gasteiger partial charge in [-0.1, -0.05) is 29.8 Å². The van der Waals surface area contributed by atoms with E-state index in [1.165, 1.54) is 11.1 Å². The van der Waals surface area contributed by atoms with Crippen molar-refractivity contribution in [2.75, 3.05) is 0 Å². The molecule has 1 aromatic carbocycles. The molecule has 1 aromatic rings. The first-order valence-electron chi connectivity index (χ1n) is 4.90. The fourth-order valence-electron chi connectivity index (χ4n) is 1.51. The molecular formula is C12H12N2O2. The maximum absolute atomic E-state index is 11.0. The van der Waals surface area contributed by atoms with E-state index in [-0.39, 0.29) is 0 Å². The Hall–Kier alpha value is -2.23. The molecule has 0 unspecified atom stereocenters. The summed E-state index contributed by atoms with van der Waals surface area (Å²) < 4.78 is 0. The largest absolute Gasteiger partial charge is 0.464 e. The van der Waals surface area contributed by atoms with E-state index in [0.29, 0.717) is 5.70 Å². The Kier molecular flexibility index (Phi) is 2.64.